The molecule has 8 nitrogen and oxygen atoms in total. The molecule has 2 saturated heterocycles. The number of nitrogens with one attached hydrogen (secondary N) is 1. The summed E-state index contributed by atoms with van der Waals surface area (Å²) in [5, 5.41) is 17.6. The maximum Gasteiger partial charge on any atom is 0.389 e. The van der Waals surface area contributed by atoms with Crippen molar-refractivity contribution in [2.45, 2.75) is 6.54 Å². The highest BCUT2D eigenvalue weighted by atomic mass is 16.6. The van der Waals surface area contributed by atoms with E-state index in [1.807, 2.05) is 4.90 Å². The fraction of sp³-hybridized carbons (Fsp3) is 0.636. The Kier molecular flexibility index (Phi) is 2.94. The van der Waals surface area contributed by atoms with E-state index in [0.717, 1.165) is 26.2 Å². The smallest absolute Gasteiger partial charge is 0.358 e. The topological polar surface area (TPSA) is 93.3 Å². The first kappa shape index (κ1) is 12.1. The predicted octanol–water partition coefficient (Wildman–Crippen LogP) is -0.531. The Morgan fingerprint density at radius 3 is 2.74 bits per heavy atom. The van der Waals surface area contributed by atoms with E-state index in [4.69, 9.17) is 0 Å². The van der Waals surface area contributed by atoms with Crippen LogP contribution in [-0.4, -0.2) is 51.7 Å². The molecule has 19 heavy (non-hydrogen) atoms. The fourth-order valence-corrected chi connectivity index (χ4v) is 2.83. The Morgan fingerprint density at radius 1 is 1.47 bits per heavy atom. The van der Waals surface area contributed by atoms with E-state index in [-0.39, 0.29) is 18.3 Å². The molecule has 8 heteroatoms. The molecule has 1 amide bonds. The zero-order chi connectivity index (χ0) is 13.4. The summed E-state index contributed by atoms with van der Waals surface area (Å²) in [7, 11) is 0. The van der Waals surface area contributed by atoms with Crippen LogP contribution in [-0.2, 0) is 11.3 Å². The summed E-state index contributed by atoms with van der Waals surface area (Å²) in [6, 6.07) is 1.30. The van der Waals surface area contributed by atoms with Crippen LogP contribution in [0.2, 0.25) is 0 Å². The van der Waals surface area contributed by atoms with Crippen LogP contribution < -0.4 is 5.32 Å². The zero-order valence-electron chi connectivity index (χ0n) is 10.4. The molecule has 2 aliphatic heterocycles. The van der Waals surface area contributed by atoms with Gasteiger partial charge in [0.05, 0.1) is 17.4 Å². The number of aromatic nitrogens is 2. The third kappa shape index (κ3) is 2.30. The second-order valence-corrected chi connectivity index (χ2v) is 5.11. The van der Waals surface area contributed by atoms with Gasteiger partial charge in [-0.1, -0.05) is 0 Å². The minimum Gasteiger partial charge on any atom is -0.358 e. The highest BCUT2D eigenvalue weighted by Crippen LogP contribution is 2.26. The van der Waals surface area contributed by atoms with E-state index in [2.05, 4.69) is 10.4 Å². The number of carbonyl (C=O) groups is 1. The normalized spacial score (nSPS) is 25.6. The van der Waals surface area contributed by atoms with Gasteiger partial charge in [0.1, 0.15) is 6.54 Å². The van der Waals surface area contributed by atoms with Gasteiger partial charge in [0, 0.05) is 26.2 Å². The second-order valence-electron chi connectivity index (χ2n) is 5.11. The molecule has 0 saturated carbocycles. The SMILES string of the molecule is O=C(Cn1ccc([N+](=O)[O-])n1)N1C[C@H]2CNC[C@H]2C1. The standard InChI is InChI=1S/C11H15N5O3/c17-11(7-15-2-1-10(13-15)16(18)19)14-5-8-3-12-4-9(8)6-14/h1-2,8-9,12H,3-7H2/t8-,9+. The Labute approximate surface area is 109 Å². The number of nitrogens with zero attached hydrogens (tertiary/aromatic N) is 4. The quantitative estimate of drug-likeness (QED) is 0.585. The number of fused-ring (bicyclic) bond motifs is 1. The van der Waals surface area contributed by atoms with Gasteiger partial charge in [0.15, 0.2) is 0 Å². The molecule has 3 rings (SSSR count). The molecule has 0 bridgehead atoms. The first-order valence-corrected chi connectivity index (χ1v) is 6.30. The number of rotatable bonds is 3. The van der Waals surface area contributed by atoms with Crippen molar-refractivity contribution in [3.8, 4) is 0 Å². The Balaban J connectivity index is 1.60. The Bertz CT molecular complexity index is 502. The summed E-state index contributed by atoms with van der Waals surface area (Å²) in [6.45, 7) is 3.57. The molecule has 0 aliphatic carbocycles. The van der Waals surface area contributed by atoms with Gasteiger partial charge in [-0.05, 0) is 16.8 Å². The molecule has 1 N–H and O–H groups in total. The third-order valence-corrected chi connectivity index (χ3v) is 3.85. The van der Waals surface area contributed by atoms with Gasteiger partial charge >= 0.3 is 5.82 Å². The first-order valence-electron chi connectivity index (χ1n) is 6.30. The number of nitro groups is 1. The van der Waals surface area contributed by atoms with Crippen molar-refractivity contribution in [3.63, 3.8) is 0 Å². The van der Waals surface area contributed by atoms with Crippen molar-refractivity contribution >= 4 is 11.7 Å². The minimum atomic E-state index is -0.563. The number of carbonyl (C=O) groups excluding carboxylic acids is 1. The highest BCUT2D eigenvalue weighted by Gasteiger charge is 2.38. The van der Waals surface area contributed by atoms with Gasteiger partial charge in [-0.3, -0.25) is 4.79 Å². The maximum absolute atomic E-state index is 12.1. The van der Waals surface area contributed by atoms with E-state index < -0.39 is 4.92 Å². The van der Waals surface area contributed by atoms with Crippen molar-refractivity contribution in [1.29, 1.82) is 0 Å². The Morgan fingerprint density at radius 2 is 2.16 bits per heavy atom. The van der Waals surface area contributed by atoms with Crippen LogP contribution in [0.25, 0.3) is 0 Å². The molecule has 2 fully saturated rings. The number of likely N-dealkylation sites (tertiary alicyclic amines) is 1. The van der Waals surface area contributed by atoms with Crippen molar-refractivity contribution in [3.05, 3.63) is 22.4 Å². The molecule has 0 radical (unpaired) electrons. The molecule has 2 aliphatic rings. The summed E-state index contributed by atoms with van der Waals surface area (Å²) in [6.07, 6.45) is 1.47. The van der Waals surface area contributed by atoms with Gasteiger partial charge in [-0.15, -0.1) is 0 Å². The van der Waals surface area contributed by atoms with Crippen LogP contribution in [0.5, 0.6) is 0 Å². The lowest BCUT2D eigenvalue weighted by Gasteiger charge is -2.16. The van der Waals surface area contributed by atoms with Crippen LogP contribution in [0.3, 0.4) is 0 Å². The molecule has 2 atom stereocenters. The van der Waals surface area contributed by atoms with E-state index >= 15 is 0 Å². The summed E-state index contributed by atoms with van der Waals surface area (Å²) >= 11 is 0. The first-order chi connectivity index (χ1) is 9.13. The third-order valence-electron chi connectivity index (χ3n) is 3.85. The lowest BCUT2D eigenvalue weighted by atomic mass is 10.0. The van der Waals surface area contributed by atoms with Crippen LogP contribution in [0.4, 0.5) is 5.82 Å². The van der Waals surface area contributed by atoms with E-state index in [9.17, 15) is 14.9 Å². The molecule has 0 spiro atoms. The van der Waals surface area contributed by atoms with E-state index in [1.54, 1.807) is 0 Å². The lowest BCUT2D eigenvalue weighted by molar-refractivity contribution is -0.389. The fourth-order valence-electron chi connectivity index (χ4n) is 2.83. The summed E-state index contributed by atoms with van der Waals surface area (Å²) in [4.78, 5) is 23.9. The van der Waals surface area contributed by atoms with Gasteiger partial charge in [-0.25, -0.2) is 0 Å². The molecule has 102 valence electrons. The number of hydrogen-bond acceptors (Lipinski definition) is 5. The highest BCUT2D eigenvalue weighted by molar-refractivity contribution is 5.76. The van der Waals surface area contributed by atoms with Gasteiger partial charge in [0.25, 0.3) is 0 Å². The van der Waals surface area contributed by atoms with Crippen molar-refractivity contribution < 1.29 is 9.72 Å². The van der Waals surface area contributed by atoms with Crippen LogP contribution in [0.1, 0.15) is 0 Å². The molecule has 1 aromatic rings. The molecule has 0 aromatic carbocycles. The van der Waals surface area contributed by atoms with Gasteiger partial charge in [0.2, 0.25) is 5.91 Å². The Hall–Kier alpha value is -1.96. The molecule has 1 aromatic heterocycles. The summed E-state index contributed by atoms with van der Waals surface area (Å²) in [5.41, 5.74) is 0. The van der Waals surface area contributed by atoms with Gasteiger partial charge in [-0.2, -0.15) is 4.68 Å². The van der Waals surface area contributed by atoms with Crippen molar-refractivity contribution in [2.24, 2.45) is 11.8 Å². The number of amides is 1. The largest absolute Gasteiger partial charge is 0.389 e. The maximum atomic E-state index is 12.1. The second kappa shape index (κ2) is 4.61. The summed E-state index contributed by atoms with van der Waals surface area (Å²) < 4.78 is 1.33. The predicted molar refractivity (Wildman–Crippen MR) is 65.3 cm³/mol. The molecule has 3 heterocycles. The van der Waals surface area contributed by atoms with Crippen molar-refractivity contribution in [1.82, 2.24) is 20.0 Å². The average molecular weight is 265 g/mol. The molecular formula is C11H15N5O3. The van der Waals surface area contributed by atoms with Crippen LogP contribution >= 0.6 is 0 Å². The van der Waals surface area contributed by atoms with Crippen LogP contribution in [0.15, 0.2) is 12.3 Å². The van der Waals surface area contributed by atoms with E-state index in [0.29, 0.717) is 11.8 Å². The lowest BCUT2D eigenvalue weighted by Crippen LogP contribution is -2.34. The zero-order valence-corrected chi connectivity index (χ0v) is 10.4. The molecular weight excluding hydrogens is 250 g/mol. The summed E-state index contributed by atoms with van der Waals surface area (Å²) in [5.74, 6) is 0.856. The average Bonchev–Trinajstić information content (AvgIpc) is 3.02. The number of hydrogen-bond donors (Lipinski definition) is 1. The van der Waals surface area contributed by atoms with E-state index in [1.165, 1.54) is 16.9 Å². The monoisotopic (exact) mass is 265 g/mol. The minimum absolute atomic E-state index is 0.0209. The van der Waals surface area contributed by atoms with Gasteiger partial charge < -0.3 is 20.3 Å². The van der Waals surface area contributed by atoms with Crippen molar-refractivity contribution in [2.75, 3.05) is 26.2 Å². The van der Waals surface area contributed by atoms with Crippen LogP contribution in [0, 0.1) is 22.0 Å². The molecule has 0 unspecified atom stereocenters.